The Morgan fingerprint density at radius 3 is 2.24 bits per heavy atom. The largest absolute Gasteiger partial charge is 0.481 e. The summed E-state index contributed by atoms with van der Waals surface area (Å²) in [5, 5.41) is 19.6. The van der Waals surface area contributed by atoms with Crippen LogP contribution in [0, 0.1) is 12.8 Å². The summed E-state index contributed by atoms with van der Waals surface area (Å²) in [6.45, 7) is 5.29. The van der Waals surface area contributed by atoms with Gasteiger partial charge in [-0.3, -0.25) is 9.59 Å². The average Bonchev–Trinajstić information content (AvgIpc) is 2.23. The number of amides is 1. The minimum absolute atomic E-state index is 0.118. The Hall–Kier alpha value is -1.59. The van der Waals surface area contributed by atoms with E-state index in [9.17, 15) is 14.4 Å². The lowest BCUT2D eigenvalue weighted by Crippen LogP contribution is -2.43. The third-order valence-electron chi connectivity index (χ3n) is 2.35. The number of nitrogens with one attached hydrogen (secondary N) is 1. The molecule has 0 aliphatic heterocycles. The average molecular weight is 244 g/mol. The third kappa shape index (κ3) is 6.55. The van der Waals surface area contributed by atoms with Gasteiger partial charge in [-0.2, -0.15) is 0 Å². The summed E-state index contributed by atoms with van der Waals surface area (Å²) in [6, 6.07) is -1.15. The van der Waals surface area contributed by atoms with E-state index in [1.54, 1.807) is 6.92 Å². The summed E-state index contributed by atoms with van der Waals surface area (Å²) >= 11 is 0. The molecule has 0 rings (SSSR count). The van der Waals surface area contributed by atoms with Gasteiger partial charge >= 0.3 is 11.9 Å². The van der Waals surface area contributed by atoms with Crippen LogP contribution in [0.15, 0.2) is 0 Å². The maximum atomic E-state index is 11.5. The van der Waals surface area contributed by atoms with Gasteiger partial charge < -0.3 is 15.5 Å². The number of carboxylic acids is 2. The van der Waals surface area contributed by atoms with Crippen molar-refractivity contribution in [2.45, 2.75) is 38.6 Å². The van der Waals surface area contributed by atoms with Crippen molar-refractivity contribution in [2.24, 2.45) is 5.92 Å². The van der Waals surface area contributed by atoms with E-state index in [1.165, 1.54) is 0 Å². The maximum absolute atomic E-state index is 11.5. The molecular formula is C11H18NO5. The SMILES string of the molecule is [CH2]CCC(C)C(=O)NC(CCC(=O)O)C(=O)O. The minimum atomic E-state index is -1.22. The molecule has 1 radical (unpaired) electrons. The molecule has 0 bridgehead atoms. The van der Waals surface area contributed by atoms with Crippen LogP contribution in [-0.2, 0) is 14.4 Å². The highest BCUT2D eigenvalue weighted by molar-refractivity contribution is 5.85. The number of rotatable bonds is 8. The van der Waals surface area contributed by atoms with Crippen molar-refractivity contribution in [3.63, 3.8) is 0 Å². The zero-order valence-corrected chi connectivity index (χ0v) is 9.81. The lowest BCUT2D eigenvalue weighted by Gasteiger charge is -2.16. The molecule has 0 saturated carbocycles. The van der Waals surface area contributed by atoms with Gasteiger partial charge in [0.05, 0.1) is 0 Å². The smallest absolute Gasteiger partial charge is 0.326 e. The molecule has 97 valence electrons. The van der Waals surface area contributed by atoms with Crippen molar-refractivity contribution >= 4 is 17.8 Å². The van der Waals surface area contributed by atoms with Crippen molar-refractivity contribution in [3.8, 4) is 0 Å². The predicted octanol–water partition coefficient (Wildman–Crippen LogP) is 0.671. The number of hydrogen-bond donors (Lipinski definition) is 3. The maximum Gasteiger partial charge on any atom is 0.326 e. The molecule has 17 heavy (non-hydrogen) atoms. The fourth-order valence-corrected chi connectivity index (χ4v) is 1.28. The van der Waals surface area contributed by atoms with Crippen molar-refractivity contribution in [2.75, 3.05) is 0 Å². The fraction of sp³-hybridized carbons (Fsp3) is 0.636. The molecule has 1 amide bonds. The number of aliphatic carboxylic acids is 2. The van der Waals surface area contributed by atoms with Crippen LogP contribution in [0.25, 0.3) is 0 Å². The van der Waals surface area contributed by atoms with E-state index in [0.29, 0.717) is 12.8 Å². The Morgan fingerprint density at radius 2 is 1.82 bits per heavy atom. The first-order valence-electron chi connectivity index (χ1n) is 5.42. The molecule has 0 fully saturated rings. The van der Waals surface area contributed by atoms with Gasteiger partial charge in [0.15, 0.2) is 0 Å². The summed E-state index contributed by atoms with van der Waals surface area (Å²) in [7, 11) is 0. The normalized spacial score (nSPS) is 13.8. The second-order valence-corrected chi connectivity index (χ2v) is 3.88. The van der Waals surface area contributed by atoms with Crippen LogP contribution < -0.4 is 5.32 Å². The molecule has 6 heteroatoms. The predicted molar refractivity (Wildman–Crippen MR) is 60.2 cm³/mol. The molecule has 2 atom stereocenters. The van der Waals surface area contributed by atoms with Crippen molar-refractivity contribution in [3.05, 3.63) is 6.92 Å². The topological polar surface area (TPSA) is 104 Å². The van der Waals surface area contributed by atoms with E-state index in [1.807, 2.05) is 0 Å². The van der Waals surface area contributed by atoms with E-state index in [4.69, 9.17) is 10.2 Å². The van der Waals surface area contributed by atoms with Crippen LogP contribution in [0.1, 0.15) is 32.6 Å². The first kappa shape index (κ1) is 15.4. The highest BCUT2D eigenvalue weighted by atomic mass is 16.4. The Morgan fingerprint density at radius 1 is 1.24 bits per heavy atom. The van der Waals surface area contributed by atoms with Gasteiger partial charge in [0, 0.05) is 12.3 Å². The number of carbonyl (C=O) groups excluding carboxylic acids is 1. The van der Waals surface area contributed by atoms with E-state index < -0.39 is 18.0 Å². The summed E-state index contributed by atoms with van der Waals surface area (Å²) in [5.41, 5.74) is 0. The molecule has 0 spiro atoms. The zero-order chi connectivity index (χ0) is 13.4. The van der Waals surface area contributed by atoms with Crippen molar-refractivity contribution < 1.29 is 24.6 Å². The fourth-order valence-electron chi connectivity index (χ4n) is 1.28. The van der Waals surface area contributed by atoms with Gasteiger partial charge in [-0.1, -0.05) is 20.3 Å². The van der Waals surface area contributed by atoms with Crippen LogP contribution in [0.4, 0.5) is 0 Å². The van der Waals surface area contributed by atoms with Crippen LogP contribution >= 0.6 is 0 Å². The van der Waals surface area contributed by atoms with Gasteiger partial charge in [-0.25, -0.2) is 4.79 Å². The van der Waals surface area contributed by atoms with Crippen LogP contribution in [0.3, 0.4) is 0 Å². The van der Waals surface area contributed by atoms with Crippen molar-refractivity contribution in [1.82, 2.24) is 5.32 Å². The first-order chi connectivity index (χ1) is 7.88. The Kier molecular flexibility index (Phi) is 6.93. The third-order valence-corrected chi connectivity index (χ3v) is 2.35. The summed E-state index contributed by atoms with van der Waals surface area (Å²) in [5.74, 6) is -3.01. The Bertz CT molecular complexity index is 290. The standard InChI is InChI=1S/C11H18NO5/c1-3-4-7(2)10(15)12-8(11(16)17)5-6-9(13)14/h7-8H,1,3-6H2,2H3,(H,12,15)(H,13,14)(H,16,17). The second kappa shape index (κ2) is 7.65. The second-order valence-electron chi connectivity index (χ2n) is 3.88. The van der Waals surface area contributed by atoms with E-state index in [-0.39, 0.29) is 24.7 Å². The molecule has 0 heterocycles. The molecular weight excluding hydrogens is 226 g/mol. The van der Waals surface area contributed by atoms with E-state index >= 15 is 0 Å². The van der Waals surface area contributed by atoms with Crippen LogP contribution in [-0.4, -0.2) is 34.1 Å². The lowest BCUT2D eigenvalue weighted by molar-refractivity contribution is -0.143. The number of carbonyl (C=O) groups is 3. The Labute approximate surface area is 100 Å². The summed E-state index contributed by atoms with van der Waals surface area (Å²) in [4.78, 5) is 32.7. The molecule has 0 aliphatic rings. The first-order valence-corrected chi connectivity index (χ1v) is 5.42. The molecule has 0 aromatic heterocycles. The zero-order valence-electron chi connectivity index (χ0n) is 9.81. The van der Waals surface area contributed by atoms with Gasteiger partial charge in [0.1, 0.15) is 6.04 Å². The molecule has 0 saturated heterocycles. The summed E-state index contributed by atoms with van der Waals surface area (Å²) in [6.07, 6.45) is 0.743. The van der Waals surface area contributed by atoms with Crippen LogP contribution in [0.5, 0.6) is 0 Å². The summed E-state index contributed by atoms with van der Waals surface area (Å²) < 4.78 is 0. The van der Waals surface area contributed by atoms with Crippen molar-refractivity contribution in [1.29, 1.82) is 0 Å². The molecule has 0 aromatic rings. The van der Waals surface area contributed by atoms with Gasteiger partial charge in [0.25, 0.3) is 0 Å². The molecule has 2 unspecified atom stereocenters. The van der Waals surface area contributed by atoms with Gasteiger partial charge in [-0.15, -0.1) is 0 Å². The van der Waals surface area contributed by atoms with Gasteiger partial charge in [0.2, 0.25) is 5.91 Å². The van der Waals surface area contributed by atoms with Gasteiger partial charge in [-0.05, 0) is 12.8 Å². The molecule has 3 N–H and O–H groups in total. The number of hydrogen-bond acceptors (Lipinski definition) is 3. The highest BCUT2D eigenvalue weighted by Gasteiger charge is 2.23. The van der Waals surface area contributed by atoms with E-state index in [2.05, 4.69) is 12.2 Å². The lowest BCUT2D eigenvalue weighted by atomic mass is 10.0. The van der Waals surface area contributed by atoms with E-state index in [0.717, 1.165) is 0 Å². The highest BCUT2D eigenvalue weighted by Crippen LogP contribution is 2.06. The molecule has 6 nitrogen and oxygen atoms in total. The monoisotopic (exact) mass is 244 g/mol. The quantitative estimate of drug-likeness (QED) is 0.582. The molecule has 0 aromatic carbocycles. The van der Waals surface area contributed by atoms with Crippen LogP contribution in [0.2, 0.25) is 0 Å². The Balaban J connectivity index is 4.29. The molecule has 0 aliphatic carbocycles. The minimum Gasteiger partial charge on any atom is -0.481 e. The number of carboxylic acid groups (broad SMARTS) is 2.